The number of nitrogens with zero attached hydrogens (tertiary/aromatic N) is 3. The lowest BCUT2D eigenvalue weighted by Gasteiger charge is -2.06. The Morgan fingerprint density at radius 3 is 3.06 bits per heavy atom. The number of imidazole rings is 1. The number of fused-ring (bicyclic) bond motifs is 1. The fourth-order valence-electron chi connectivity index (χ4n) is 1.74. The molecule has 0 amide bonds. The van der Waals surface area contributed by atoms with Crippen molar-refractivity contribution in [2.75, 3.05) is 5.32 Å². The average molecular weight is 263 g/mol. The molecule has 0 radical (unpaired) electrons. The number of halogens is 1. The molecule has 2 heterocycles. The van der Waals surface area contributed by atoms with Gasteiger partial charge in [-0.15, -0.1) is 0 Å². The maximum atomic E-state index is 5.92. The van der Waals surface area contributed by atoms with Crippen molar-refractivity contribution in [3.63, 3.8) is 0 Å². The van der Waals surface area contributed by atoms with Gasteiger partial charge in [0.15, 0.2) is 12.0 Å². The Kier molecular flexibility index (Phi) is 2.68. The van der Waals surface area contributed by atoms with Gasteiger partial charge >= 0.3 is 0 Å². The second-order valence-corrected chi connectivity index (χ2v) is 4.33. The molecular formula is C12H11ClN4O. The van der Waals surface area contributed by atoms with E-state index in [0.717, 1.165) is 22.6 Å². The predicted octanol–water partition coefficient (Wildman–Crippen LogP) is 2.83. The SMILES string of the molecule is Cn1c(Cl)cnc1CNc1ccc2ocnc2c1. The molecule has 1 aromatic carbocycles. The third kappa shape index (κ3) is 1.93. The topological polar surface area (TPSA) is 55.9 Å². The Bertz CT molecular complexity index is 688. The summed E-state index contributed by atoms with van der Waals surface area (Å²) in [6.45, 7) is 0.604. The van der Waals surface area contributed by atoms with Gasteiger partial charge in [-0.05, 0) is 18.2 Å². The first-order valence-electron chi connectivity index (χ1n) is 5.47. The zero-order valence-corrected chi connectivity index (χ0v) is 10.5. The van der Waals surface area contributed by atoms with Crippen LogP contribution in [-0.4, -0.2) is 14.5 Å². The number of oxazole rings is 1. The lowest BCUT2D eigenvalue weighted by molar-refractivity contribution is 0.602. The van der Waals surface area contributed by atoms with Gasteiger partial charge in [-0.25, -0.2) is 9.97 Å². The summed E-state index contributed by atoms with van der Waals surface area (Å²) in [4.78, 5) is 8.32. The second kappa shape index (κ2) is 4.34. The smallest absolute Gasteiger partial charge is 0.181 e. The molecule has 0 aliphatic heterocycles. The van der Waals surface area contributed by atoms with Crippen LogP contribution in [-0.2, 0) is 13.6 Å². The summed E-state index contributed by atoms with van der Waals surface area (Å²) in [5.41, 5.74) is 2.58. The normalized spacial score (nSPS) is 11.0. The molecule has 0 aliphatic carbocycles. The maximum absolute atomic E-state index is 5.92. The van der Waals surface area contributed by atoms with Crippen LogP contribution in [0, 0.1) is 0 Å². The molecule has 0 saturated carbocycles. The lowest BCUT2D eigenvalue weighted by Crippen LogP contribution is -2.05. The molecule has 18 heavy (non-hydrogen) atoms. The summed E-state index contributed by atoms with van der Waals surface area (Å²) in [7, 11) is 1.88. The van der Waals surface area contributed by atoms with E-state index in [9.17, 15) is 0 Å². The lowest BCUT2D eigenvalue weighted by atomic mass is 10.3. The van der Waals surface area contributed by atoms with E-state index >= 15 is 0 Å². The average Bonchev–Trinajstić information content (AvgIpc) is 2.96. The minimum absolute atomic E-state index is 0.604. The summed E-state index contributed by atoms with van der Waals surface area (Å²) in [5, 5.41) is 3.90. The maximum Gasteiger partial charge on any atom is 0.181 e. The molecule has 5 nitrogen and oxygen atoms in total. The Balaban J connectivity index is 1.78. The van der Waals surface area contributed by atoms with Crippen LogP contribution >= 0.6 is 11.6 Å². The molecule has 1 N–H and O–H groups in total. The number of anilines is 1. The van der Waals surface area contributed by atoms with Crippen LogP contribution < -0.4 is 5.32 Å². The van der Waals surface area contributed by atoms with Gasteiger partial charge in [-0.3, -0.25) is 0 Å². The van der Waals surface area contributed by atoms with Crippen molar-refractivity contribution in [1.82, 2.24) is 14.5 Å². The second-order valence-electron chi connectivity index (χ2n) is 3.94. The zero-order chi connectivity index (χ0) is 12.5. The van der Waals surface area contributed by atoms with Crippen molar-refractivity contribution in [3.8, 4) is 0 Å². The van der Waals surface area contributed by atoms with Crippen LogP contribution in [0.3, 0.4) is 0 Å². The number of hydrogen-bond acceptors (Lipinski definition) is 4. The quantitative estimate of drug-likeness (QED) is 0.789. The fraction of sp³-hybridized carbons (Fsp3) is 0.167. The summed E-state index contributed by atoms with van der Waals surface area (Å²) in [5.74, 6) is 0.875. The Labute approximate surface area is 108 Å². The number of benzene rings is 1. The molecule has 0 aliphatic rings. The van der Waals surface area contributed by atoms with E-state index in [-0.39, 0.29) is 0 Å². The van der Waals surface area contributed by atoms with Gasteiger partial charge < -0.3 is 14.3 Å². The van der Waals surface area contributed by atoms with Gasteiger partial charge in [0, 0.05) is 12.7 Å². The highest BCUT2D eigenvalue weighted by atomic mass is 35.5. The van der Waals surface area contributed by atoms with Gasteiger partial charge in [0.1, 0.15) is 16.5 Å². The highest BCUT2D eigenvalue weighted by Gasteiger charge is 2.05. The molecular weight excluding hydrogens is 252 g/mol. The summed E-state index contributed by atoms with van der Waals surface area (Å²) in [6.07, 6.45) is 3.08. The molecule has 0 fully saturated rings. The van der Waals surface area contributed by atoms with E-state index in [1.54, 1.807) is 6.20 Å². The van der Waals surface area contributed by atoms with Gasteiger partial charge in [-0.1, -0.05) is 11.6 Å². The molecule has 0 spiro atoms. The predicted molar refractivity (Wildman–Crippen MR) is 69.6 cm³/mol. The molecule has 0 atom stereocenters. The minimum Gasteiger partial charge on any atom is -0.443 e. The van der Waals surface area contributed by atoms with Crippen molar-refractivity contribution in [3.05, 3.63) is 41.8 Å². The van der Waals surface area contributed by atoms with Crippen molar-refractivity contribution in [1.29, 1.82) is 0 Å². The first-order valence-corrected chi connectivity index (χ1v) is 5.85. The van der Waals surface area contributed by atoms with Gasteiger partial charge in [0.25, 0.3) is 0 Å². The van der Waals surface area contributed by atoms with E-state index in [4.69, 9.17) is 16.0 Å². The molecule has 0 unspecified atom stereocenters. The van der Waals surface area contributed by atoms with E-state index in [0.29, 0.717) is 11.7 Å². The minimum atomic E-state index is 0.604. The van der Waals surface area contributed by atoms with Crippen LogP contribution in [0.4, 0.5) is 5.69 Å². The molecule has 3 aromatic rings. The summed E-state index contributed by atoms with van der Waals surface area (Å²) >= 11 is 5.92. The number of rotatable bonds is 3. The third-order valence-corrected chi connectivity index (χ3v) is 3.16. The van der Waals surface area contributed by atoms with Crippen LogP contribution in [0.25, 0.3) is 11.1 Å². The molecule has 0 bridgehead atoms. The van der Waals surface area contributed by atoms with E-state index in [2.05, 4.69) is 15.3 Å². The first kappa shape index (κ1) is 11.1. The van der Waals surface area contributed by atoms with E-state index < -0.39 is 0 Å². The Morgan fingerprint density at radius 1 is 1.39 bits per heavy atom. The molecule has 92 valence electrons. The molecule has 6 heteroatoms. The number of aromatic nitrogens is 3. The van der Waals surface area contributed by atoms with Crippen LogP contribution in [0.5, 0.6) is 0 Å². The van der Waals surface area contributed by atoms with Gasteiger partial charge in [0.05, 0.1) is 12.7 Å². The van der Waals surface area contributed by atoms with Crippen molar-refractivity contribution in [2.45, 2.75) is 6.54 Å². The molecule has 2 aromatic heterocycles. The van der Waals surface area contributed by atoms with Crippen LogP contribution in [0.1, 0.15) is 5.82 Å². The first-order chi connectivity index (χ1) is 8.74. The van der Waals surface area contributed by atoms with Crippen molar-refractivity contribution >= 4 is 28.4 Å². The summed E-state index contributed by atoms with van der Waals surface area (Å²) < 4.78 is 7.02. The highest BCUT2D eigenvalue weighted by molar-refractivity contribution is 6.29. The Hall–Kier alpha value is -2.01. The van der Waals surface area contributed by atoms with E-state index in [1.165, 1.54) is 6.39 Å². The van der Waals surface area contributed by atoms with Crippen molar-refractivity contribution in [2.24, 2.45) is 7.05 Å². The number of hydrogen-bond donors (Lipinski definition) is 1. The highest BCUT2D eigenvalue weighted by Crippen LogP contribution is 2.18. The fourth-order valence-corrected chi connectivity index (χ4v) is 1.88. The van der Waals surface area contributed by atoms with Crippen molar-refractivity contribution < 1.29 is 4.42 Å². The molecule has 3 rings (SSSR count). The monoisotopic (exact) mass is 262 g/mol. The van der Waals surface area contributed by atoms with E-state index in [1.807, 2.05) is 29.8 Å². The molecule has 0 saturated heterocycles. The van der Waals surface area contributed by atoms with Gasteiger partial charge in [-0.2, -0.15) is 0 Å². The zero-order valence-electron chi connectivity index (χ0n) is 9.72. The van der Waals surface area contributed by atoms with Crippen LogP contribution in [0.2, 0.25) is 5.15 Å². The largest absolute Gasteiger partial charge is 0.443 e. The van der Waals surface area contributed by atoms with Crippen LogP contribution in [0.15, 0.2) is 35.2 Å². The summed E-state index contributed by atoms with van der Waals surface area (Å²) in [6, 6.07) is 5.76. The third-order valence-electron chi connectivity index (χ3n) is 2.81. The van der Waals surface area contributed by atoms with Gasteiger partial charge in [0.2, 0.25) is 0 Å². The standard InChI is InChI=1S/C12H11ClN4O/c1-17-11(13)5-15-12(17)6-14-8-2-3-10-9(4-8)16-7-18-10/h2-5,7,14H,6H2,1H3. The Morgan fingerprint density at radius 2 is 2.28 bits per heavy atom. The number of nitrogens with one attached hydrogen (secondary N) is 1.